The Labute approximate surface area is 148 Å². The summed E-state index contributed by atoms with van der Waals surface area (Å²) in [6, 6.07) is 21.0. The van der Waals surface area contributed by atoms with Gasteiger partial charge in [0.25, 0.3) is 0 Å². The van der Waals surface area contributed by atoms with Crippen LogP contribution in [0.3, 0.4) is 0 Å². The Bertz CT molecular complexity index is 1030. The number of carboxylic acid groups (broad SMARTS) is 1. The fourth-order valence-corrected chi connectivity index (χ4v) is 2.46. The van der Waals surface area contributed by atoms with Gasteiger partial charge in [0, 0.05) is 4.91 Å². The zero-order valence-electron chi connectivity index (χ0n) is 13.5. The topological polar surface area (TPSA) is 111 Å². The fourth-order valence-electron chi connectivity index (χ4n) is 2.46. The Hall–Kier alpha value is -3.96. The fraction of sp³-hybridized carbons (Fsp3) is 0. The van der Waals surface area contributed by atoms with E-state index < -0.39 is 5.97 Å². The van der Waals surface area contributed by atoms with Gasteiger partial charge in [-0.25, -0.2) is 4.79 Å². The number of hydrogen-bond donors (Lipinski definition) is 1. The van der Waals surface area contributed by atoms with Gasteiger partial charge in [-0.2, -0.15) is 5.11 Å². The van der Waals surface area contributed by atoms with Crippen molar-refractivity contribution in [2.24, 2.45) is 15.3 Å². The quantitative estimate of drug-likeness (QED) is 0.328. The van der Waals surface area contributed by atoms with E-state index in [0.29, 0.717) is 16.9 Å². The second-order valence-electron chi connectivity index (χ2n) is 5.25. The van der Waals surface area contributed by atoms with Gasteiger partial charge in [0.2, 0.25) is 0 Å². The number of aromatic carboxylic acids is 1. The Balaban J connectivity index is 2.09. The number of carboxylic acids is 1. The maximum atomic E-state index is 11.3. The molecule has 3 rings (SSSR count). The number of rotatable bonds is 5. The SMILES string of the molecule is [N-]=[N+]=Nc1c(N=Nc2ccccc2C(=O)O)cccc1-c1ccccc1. The Morgan fingerprint density at radius 3 is 2.23 bits per heavy atom. The van der Waals surface area contributed by atoms with Gasteiger partial charge in [-0.15, -0.1) is 5.11 Å². The van der Waals surface area contributed by atoms with Crippen molar-refractivity contribution >= 4 is 23.0 Å². The first-order valence-electron chi connectivity index (χ1n) is 7.68. The normalized spacial score (nSPS) is 10.5. The summed E-state index contributed by atoms with van der Waals surface area (Å²) in [6.45, 7) is 0. The van der Waals surface area contributed by atoms with E-state index >= 15 is 0 Å². The van der Waals surface area contributed by atoms with Gasteiger partial charge in [-0.1, -0.05) is 59.7 Å². The third-order valence-corrected chi connectivity index (χ3v) is 3.64. The number of carbonyl (C=O) groups is 1. The average Bonchev–Trinajstić information content (AvgIpc) is 2.68. The van der Waals surface area contributed by atoms with Gasteiger partial charge in [0.15, 0.2) is 0 Å². The molecule has 7 heteroatoms. The maximum Gasteiger partial charge on any atom is 0.337 e. The van der Waals surface area contributed by atoms with E-state index in [1.165, 1.54) is 6.07 Å². The molecule has 0 heterocycles. The van der Waals surface area contributed by atoms with Crippen LogP contribution in [0.5, 0.6) is 0 Å². The van der Waals surface area contributed by atoms with E-state index in [9.17, 15) is 9.90 Å². The minimum absolute atomic E-state index is 0.0424. The highest BCUT2D eigenvalue weighted by Gasteiger charge is 2.10. The number of nitrogens with zero attached hydrogens (tertiary/aromatic N) is 5. The van der Waals surface area contributed by atoms with E-state index in [4.69, 9.17) is 5.53 Å². The Morgan fingerprint density at radius 1 is 0.846 bits per heavy atom. The second-order valence-corrected chi connectivity index (χ2v) is 5.25. The van der Waals surface area contributed by atoms with Crippen molar-refractivity contribution in [1.82, 2.24) is 0 Å². The van der Waals surface area contributed by atoms with Crippen LogP contribution in [0.15, 0.2) is 88.1 Å². The molecule has 0 spiro atoms. The molecule has 0 unspecified atom stereocenters. The average molecular weight is 343 g/mol. The van der Waals surface area contributed by atoms with E-state index in [1.54, 1.807) is 30.3 Å². The standard InChI is InChI=1S/C19H13N5O2/c20-24-23-18-14(13-7-2-1-3-8-13)10-6-12-17(18)22-21-16-11-5-4-9-15(16)19(25)26/h1-12H,(H,25,26). The molecule has 0 aliphatic rings. The lowest BCUT2D eigenvalue weighted by Crippen LogP contribution is -1.95. The smallest absolute Gasteiger partial charge is 0.337 e. The molecule has 0 aliphatic carbocycles. The molecule has 0 bridgehead atoms. The van der Waals surface area contributed by atoms with Crippen molar-refractivity contribution in [2.45, 2.75) is 0 Å². The third kappa shape index (κ3) is 3.58. The van der Waals surface area contributed by atoms with Crippen molar-refractivity contribution in [3.05, 3.63) is 88.8 Å². The van der Waals surface area contributed by atoms with Crippen molar-refractivity contribution < 1.29 is 9.90 Å². The van der Waals surface area contributed by atoms with Crippen LogP contribution >= 0.6 is 0 Å². The predicted octanol–water partition coefficient (Wildman–Crippen LogP) is 6.41. The molecule has 0 saturated carbocycles. The molecule has 1 N–H and O–H groups in total. The highest BCUT2D eigenvalue weighted by atomic mass is 16.4. The number of azo groups is 1. The van der Waals surface area contributed by atoms with Crippen molar-refractivity contribution in [2.75, 3.05) is 0 Å². The van der Waals surface area contributed by atoms with Crippen molar-refractivity contribution in [3.63, 3.8) is 0 Å². The maximum absolute atomic E-state index is 11.3. The summed E-state index contributed by atoms with van der Waals surface area (Å²) in [6.07, 6.45) is 0. The summed E-state index contributed by atoms with van der Waals surface area (Å²) < 4.78 is 0. The van der Waals surface area contributed by atoms with Crippen LogP contribution in [0.1, 0.15) is 10.4 Å². The third-order valence-electron chi connectivity index (χ3n) is 3.64. The molecular formula is C19H13N5O2. The highest BCUT2D eigenvalue weighted by molar-refractivity contribution is 5.93. The largest absolute Gasteiger partial charge is 0.478 e. The number of benzene rings is 3. The van der Waals surface area contributed by atoms with Crippen LogP contribution in [0.4, 0.5) is 17.1 Å². The zero-order chi connectivity index (χ0) is 18.4. The second kappa shape index (κ2) is 7.74. The minimum Gasteiger partial charge on any atom is -0.478 e. The van der Waals surface area contributed by atoms with Crippen molar-refractivity contribution in [1.29, 1.82) is 0 Å². The van der Waals surface area contributed by atoms with E-state index in [1.807, 2.05) is 36.4 Å². The van der Waals surface area contributed by atoms with Crippen LogP contribution in [-0.4, -0.2) is 11.1 Å². The molecule has 0 amide bonds. The summed E-state index contributed by atoms with van der Waals surface area (Å²) in [5.74, 6) is -1.09. The predicted molar refractivity (Wildman–Crippen MR) is 98.3 cm³/mol. The summed E-state index contributed by atoms with van der Waals surface area (Å²) in [5.41, 5.74) is 11.5. The van der Waals surface area contributed by atoms with Gasteiger partial charge in [-0.05, 0) is 34.9 Å². The highest BCUT2D eigenvalue weighted by Crippen LogP contribution is 2.39. The van der Waals surface area contributed by atoms with Gasteiger partial charge in [0.05, 0.1) is 16.9 Å². The lowest BCUT2D eigenvalue weighted by molar-refractivity contribution is 0.0697. The molecule has 3 aromatic carbocycles. The van der Waals surface area contributed by atoms with E-state index in [2.05, 4.69) is 20.3 Å². The number of hydrogen-bond acceptors (Lipinski definition) is 4. The molecule has 126 valence electrons. The van der Waals surface area contributed by atoms with E-state index in [0.717, 1.165) is 5.56 Å². The minimum atomic E-state index is -1.09. The van der Waals surface area contributed by atoms with Gasteiger partial charge < -0.3 is 5.11 Å². The number of azide groups is 1. The monoisotopic (exact) mass is 343 g/mol. The van der Waals surface area contributed by atoms with Crippen molar-refractivity contribution in [3.8, 4) is 11.1 Å². The van der Waals surface area contributed by atoms with Crippen LogP contribution in [0.25, 0.3) is 21.6 Å². The molecule has 7 nitrogen and oxygen atoms in total. The molecular weight excluding hydrogens is 330 g/mol. The summed E-state index contributed by atoms with van der Waals surface area (Å²) in [4.78, 5) is 14.2. The van der Waals surface area contributed by atoms with Crippen LogP contribution in [0, 0.1) is 0 Å². The lowest BCUT2D eigenvalue weighted by Gasteiger charge is -2.07. The lowest BCUT2D eigenvalue weighted by atomic mass is 10.0. The van der Waals surface area contributed by atoms with Gasteiger partial charge in [-0.3, -0.25) is 0 Å². The molecule has 0 fully saturated rings. The molecule has 0 atom stereocenters. The van der Waals surface area contributed by atoms with E-state index in [-0.39, 0.29) is 11.3 Å². The Morgan fingerprint density at radius 2 is 1.50 bits per heavy atom. The van der Waals surface area contributed by atoms with Gasteiger partial charge >= 0.3 is 5.97 Å². The Kier molecular flexibility index (Phi) is 5.03. The van der Waals surface area contributed by atoms with Gasteiger partial charge in [0.1, 0.15) is 5.69 Å². The molecule has 0 radical (unpaired) electrons. The van der Waals surface area contributed by atoms with Crippen LogP contribution in [0.2, 0.25) is 0 Å². The summed E-state index contributed by atoms with van der Waals surface area (Å²) in [5, 5.41) is 21.1. The molecule has 0 aromatic heterocycles. The first kappa shape index (κ1) is 16.9. The van der Waals surface area contributed by atoms with Crippen LogP contribution in [-0.2, 0) is 0 Å². The zero-order valence-corrected chi connectivity index (χ0v) is 13.5. The first-order chi connectivity index (χ1) is 12.7. The summed E-state index contributed by atoms with van der Waals surface area (Å²) in [7, 11) is 0. The molecule has 26 heavy (non-hydrogen) atoms. The first-order valence-corrected chi connectivity index (χ1v) is 7.68. The molecule has 0 saturated heterocycles. The summed E-state index contributed by atoms with van der Waals surface area (Å²) >= 11 is 0. The molecule has 0 aliphatic heterocycles. The van der Waals surface area contributed by atoms with Crippen LogP contribution < -0.4 is 0 Å². The molecule has 3 aromatic rings.